The van der Waals surface area contributed by atoms with Gasteiger partial charge in [0.2, 0.25) is 12.3 Å². The molecule has 0 unspecified atom stereocenters. The molecule has 1 aromatic rings. The van der Waals surface area contributed by atoms with Crippen LogP contribution in [0.5, 0.6) is 0 Å². The first kappa shape index (κ1) is 13.6. The SMILES string of the molecule is CC(C)(CCN)CCC(=O)NCc1ncon1. The Morgan fingerprint density at radius 1 is 1.53 bits per heavy atom. The van der Waals surface area contributed by atoms with Crippen molar-refractivity contribution >= 4 is 5.91 Å². The third kappa shape index (κ3) is 5.44. The van der Waals surface area contributed by atoms with Gasteiger partial charge in [0.15, 0.2) is 5.82 Å². The van der Waals surface area contributed by atoms with Crippen LogP contribution in [0.4, 0.5) is 0 Å². The maximum atomic E-state index is 11.6. The number of hydrogen-bond acceptors (Lipinski definition) is 5. The minimum atomic E-state index is -0.0000959. The fraction of sp³-hybridized carbons (Fsp3) is 0.727. The van der Waals surface area contributed by atoms with Crippen LogP contribution in [-0.4, -0.2) is 22.6 Å². The molecule has 0 aliphatic heterocycles. The molecule has 1 heterocycles. The smallest absolute Gasteiger partial charge is 0.220 e. The Bertz CT molecular complexity index is 335. The van der Waals surface area contributed by atoms with Crippen molar-refractivity contribution in [3.05, 3.63) is 12.2 Å². The molecule has 0 aliphatic rings. The van der Waals surface area contributed by atoms with E-state index < -0.39 is 0 Å². The summed E-state index contributed by atoms with van der Waals surface area (Å²) >= 11 is 0. The zero-order chi connectivity index (χ0) is 12.7. The highest BCUT2D eigenvalue weighted by molar-refractivity contribution is 5.75. The van der Waals surface area contributed by atoms with Gasteiger partial charge in [-0.2, -0.15) is 4.98 Å². The van der Waals surface area contributed by atoms with E-state index in [1.54, 1.807) is 0 Å². The summed E-state index contributed by atoms with van der Waals surface area (Å²) < 4.78 is 4.57. The molecule has 0 aromatic carbocycles. The number of nitrogens with two attached hydrogens (primary N) is 1. The number of hydrogen-bond donors (Lipinski definition) is 2. The molecule has 1 rings (SSSR count). The Balaban J connectivity index is 2.21. The van der Waals surface area contributed by atoms with Crippen LogP contribution in [0.15, 0.2) is 10.9 Å². The number of aromatic nitrogens is 2. The first-order valence-corrected chi connectivity index (χ1v) is 5.75. The van der Waals surface area contributed by atoms with E-state index in [9.17, 15) is 4.79 Å². The van der Waals surface area contributed by atoms with Crippen molar-refractivity contribution in [1.82, 2.24) is 15.5 Å². The molecule has 3 N–H and O–H groups in total. The molecular formula is C11H20N4O2. The van der Waals surface area contributed by atoms with Crippen molar-refractivity contribution in [2.24, 2.45) is 11.1 Å². The summed E-state index contributed by atoms with van der Waals surface area (Å²) in [7, 11) is 0. The van der Waals surface area contributed by atoms with Gasteiger partial charge in [0.05, 0.1) is 6.54 Å². The Morgan fingerprint density at radius 2 is 2.29 bits per heavy atom. The quantitative estimate of drug-likeness (QED) is 0.736. The van der Waals surface area contributed by atoms with Gasteiger partial charge >= 0.3 is 0 Å². The third-order valence-corrected chi connectivity index (χ3v) is 2.70. The lowest BCUT2D eigenvalue weighted by atomic mass is 9.84. The largest absolute Gasteiger partial charge is 0.349 e. The van der Waals surface area contributed by atoms with Gasteiger partial charge in [0, 0.05) is 6.42 Å². The van der Waals surface area contributed by atoms with E-state index in [1.165, 1.54) is 6.39 Å². The fourth-order valence-corrected chi connectivity index (χ4v) is 1.50. The predicted octanol–water partition coefficient (Wildman–Crippen LogP) is 0.841. The Hall–Kier alpha value is -1.43. The van der Waals surface area contributed by atoms with Crippen LogP contribution in [0, 0.1) is 5.41 Å². The number of carbonyl (C=O) groups is 1. The molecule has 96 valence electrons. The zero-order valence-electron chi connectivity index (χ0n) is 10.4. The first-order chi connectivity index (χ1) is 8.03. The second-order valence-corrected chi connectivity index (χ2v) is 4.83. The summed E-state index contributed by atoms with van der Waals surface area (Å²) in [6.45, 7) is 5.20. The fourth-order valence-electron chi connectivity index (χ4n) is 1.50. The number of nitrogens with one attached hydrogen (secondary N) is 1. The van der Waals surface area contributed by atoms with Crippen LogP contribution in [0.25, 0.3) is 0 Å². The van der Waals surface area contributed by atoms with Gasteiger partial charge < -0.3 is 15.6 Å². The van der Waals surface area contributed by atoms with Crippen molar-refractivity contribution < 1.29 is 9.32 Å². The number of nitrogens with zero attached hydrogens (tertiary/aromatic N) is 2. The molecule has 0 radical (unpaired) electrons. The summed E-state index contributed by atoms with van der Waals surface area (Å²) in [5.74, 6) is 0.486. The Morgan fingerprint density at radius 3 is 2.88 bits per heavy atom. The highest BCUT2D eigenvalue weighted by Crippen LogP contribution is 2.25. The number of rotatable bonds is 7. The predicted molar refractivity (Wildman–Crippen MR) is 62.8 cm³/mol. The lowest BCUT2D eigenvalue weighted by Crippen LogP contribution is -2.26. The monoisotopic (exact) mass is 240 g/mol. The van der Waals surface area contributed by atoms with Crippen molar-refractivity contribution in [2.75, 3.05) is 6.54 Å². The molecule has 17 heavy (non-hydrogen) atoms. The molecule has 0 spiro atoms. The van der Waals surface area contributed by atoms with E-state index in [4.69, 9.17) is 5.73 Å². The van der Waals surface area contributed by atoms with Crippen molar-refractivity contribution in [2.45, 2.75) is 39.7 Å². The molecule has 0 fully saturated rings. The van der Waals surface area contributed by atoms with Crippen LogP contribution >= 0.6 is 0 Å². The van der Waals surface area contributed by atoms with Crippen molar-refractivity contribution in [3.8, 4) is 0 Å². The minimum absolute atomic E-state index is 0.0000959. The van der Waals surface area contributed by atoms with Gasteiger partial charge in [0.1, 0.15) is 0 Å². The van der Waals surface area contributed by atoms with Gasteiger partial charge in [-0.05, 0) is 24.8 Å². The molecular weight excluding hydrogens is 220 g/mol. The topological polar surface area (TPSA) is 94.0 Å². The van der Waals surface area contributed by atoms with Gasteiger partial charge in [0.25, 0.3) is 0 Å². The maximum absolute atomic E-state index is 11.6. The summed E-state index contributed by atoms with van der Waals surface area (Å²) in [6.07, 6.45) is 3.48. The van der Waals surface area contributed by atoms with Gasteiger partial charge in [-0.3, -0.25) is 4.79 Å². The average Bonchev–Trinajstić information content (AvgIpc) is 2.76. The lowest BCUT2D eigenvalue weighted by molar-refractivity contribution is -0.121. The first-order valence-electron chi connectivity index (χ1n) is 5.75. The molecule has 1 aromatic heterocycles. The van der Waals surface area contributed by atoms with Crippen LogP contribution in [-0.2, 0) is 11.3 Å². The maximum Gasteiger partial charge on any atom is 0.220 e. The van der Waals surface area contributed by atoms with Gasteiger partial charge in [-0.1, -0.05) is 19.0 Å². The van der Waals surface area contributed by atoms with E-state index >= 15 is 0 Å². The molecule has 0 aliphatic carbocycles. The molecule has 6 nitrogen and oxygen atoms in total. The van der Waals surface area contributed by atoms with Gasteiger partial charge in [-0.25, -0.2) is 0 Å². The molecule has 1 amide bonds. The van der Waals surface area contributed by atoms with E-state index in [2.05, 4.69) is 33.8 Å². The Kier molecular flexibility index (Phi) is 5.09. The summed E-state index contributed by atoms with van der Waals surface area (Å²) in [6, 6.07) is 0. The zero-order valence-corrected chi connectivity index (χ0v) is 10.4. The number of carbonyl (C=O) groups excluding carboxylic acids is 1. The van der Waals surface area contributed by atoms with Gasteiger partial charge in [-0.15, -0.1) is 0 Å². The second-order valence-electron chi connectivity index (χ2n) is 4.83. The Labute approximate surface area is 101 Å². The van der Waals surface area contributed by atoms with Crippen LogP contribution in [0.1, 0.15) is 38.9 Å². The van der Waals surface area contributed by atoms with Crippen LogP contribution < -0.4 is 11.1 Å². The third-order valence-electron chi connectivity index (χ3n) is 2.70. The highest BCUT2D eigenvalue weighted by atomic mass is 16.5. The highest BCUT2D eigenvalue weighted by Gasteiger charge is 2.18. The van der Waals surface area contributed by atoms with Crippen molar-refractivity contribution in [1.29, 1.82) is 0 Å². The standard InChI is InChI=1S/C11H20N4O2/c1-11(2,5-6-12)4-3-10(16)13-7-9-14-8-17-15-9/h8H,3-7,12H2,1-2H3,(H,13,16). The summed E-state index contributed by atoms with van der Waals surface area (Å²) in [5.41, 5.74) is 5.63. The van der Waals surface area contributed by atoms with E-state index in [0.717, 1.165) is 12.8 Å². The van der Waals surface area contributed by atoms with E-state index in [-0.39, 0.29) is 11.3 Å². The van der Waals surface area contributed by atoms with Crippen molar-refractivity contribution in [3.63, 3.8) is 0 Å². The second kappa shape index (κ2) is 6.34. The normalized spacial score (nSPS) is 11.5. The van der Waals surface area contributed by atoms with E-state index in [0.29, 0.717) is 25.3 Å². The lowest BCUT2D eigenvalue weighted by Gasteiger charge is -2.23. The molecule has 0 saturated heterocycles. The van der Waals surface area contributed by atoms with Crippen LogP contribution in [0.3, 0.4) is 0 Å². The average molecular weight is 240 g/mol. The van der Waals surface area contributed by atoms with E-state index in [1.807, 2.05) is 0 Å². The summed E-state index contributed by atoms with van der Waals surface area (Å²) in [5, 5.41) is 6.35. The molecule has 0 atom stereocenters. The summed E-state index contributed by atoms with van der Waals surface area (Å²) in [4.78, 5) is 15.4. The molecule has 0 bridgehead atoms. The molecule has 6 heteroatoms. The minimum Gasteiger partial charge on any atom is -0.349 e. The molecule has 0 saturated carbocycles. The number of amides is 1. The van der Waals surface area contributed by atoms with Crippen LogP contribution in [0.2, 0.25) is 0 Å².